The Hall–Kier alpha value is -1.88. The summed E-state index contributed by atoms with van der Waals surface area (Å²) in [5.41, 5.74) is 1.09. The molecule has 0 aliphatic carbocycles. The fourth-order valence-corrected chi connectivity index (χ4v) is 3.50. The molecule has 0 saturated carbocycles. The van der Waals surface area contributed by atoms with Crippen LogP contribution in [0.3, 0.4) is 0 Å². The van der Waals surface area contributed by atoms with E-state index in [0.717, 1.165) is 13.1 Å². The van der Waals surface area contributed by atoms with Crippen molar-refractivity contribution in [3.05, 3.63) is 29.8 Å². The van der Waals surface area contributed by atoms with Crippen LogP contribution in [0.15, 0.2) is 24.3 Å². The molecule has 1 aromatic rings. The fourth-order valence-electron chi connectivity index (χ4n) is 3.50. The van der Waals surface area contributed by atoms with E-state index < -0.39 is 0 Å². The Labute approximate surface area is 151 Å². The third kappa shape index (κ3) is 6.16. The van der Waals surface area contributed by atoms with Crippen LogP contribution >= 0.6 is 0 Å². The first-order valence-corrected chi connectivity index (χ1v) is 9.24. The average Bonchev–Trinajstić information content (AvgIpc) is 2.52. The van der Waals surface area contributed by atoms with Gasteiger partial charge in [-0.05, 0) is 36.3 Å². The molecule has 25 heavy (non-hydrogen) atoms. The number of amides is 2. The first-order valence-electron chi connectivity index (χ1n) is 9.24. The zero-order chi connectivity index (χ0) is 18.4. The number of piperidine rings is 1. The number of anilines is 1. The Morgan fingerprint density at radius 3 is 2.44 bits per heavy atom. The van der Waals surface area contributed by atoms with Crippen molar-refractivity contribution < 1.29 is 9.59 Å². The summed E-state index contributed by atoms with van der Waals surface area (Å²) in [5.74, 6) is 1.40. The molecule has 1 heterocycles. The summed E-state index contributed by atoms with van der Waals surface area (Å²) in [7, 11) is 0. The summed E-state index contributed by atoms with van der Waals surface area (Å²) in [6.07, 6.45) is 1.22. The first kappa shape index (κ1) is 19.4. The average molecular weight is 345 g/mol. The predicted octanol–water partition coefficient (Wildman–Crippen LogP) is 2.99. The monoisotopic (exact) mass is 345 g/mol. The lowest BCUT2D eigenvalue weighted by atomic mass is 9.92. The van der Waals surface area contributed by atoms with E-state index in [9.17, 15) is 9.59 Å². The van der Waals surface area contributed by atoms with Crippen molar-refractivity contribution >= 4 is 17.5 Å². The summed E-state index contributed by atoms with van der Waals surface area (Å²) in [6, 6.07) is 7.17. The van der Waals surface area contributed by atoms with Gasteiger partial charge in [-0.15, -0.1) is 0 Å². The van der Waals surface area contributed by atoms with Crippen molar-refractivity contribution in [1.82, 2.24) is 10.2 Å². The molecule has 1 saturated heterocycles. The smallest absolute Gasteiger partial charge is 0.253 e. The van der Waals surface area contributed by atoms with Crippen LogP contribution < -0.4 is 10.6 Å². The Morgan fingerprint density at radius 1 is 1.16 bits per heavy atom. The molecule has 0 radical (unpaired) electrons. The van der Waals surface area contributed by atoms with Gasteiger partial charge in [-0.2, -0.15) is 0 Å². The highest BCUT2D eigenvalue weighted by Crippen LogP contribution is 2.21. The highest BCUT2D eigenvalue weighted by Gasteiger charge is 2.23. The largest absolute Gasteiger partial charge is 0.352 e. The van der Waals surface area contributed by atoms with Gasteiger partial charge in [-0.1, -0.05) is 39.8 Å². The Kier molecular flexibility index (Phi) is 7.00. The second-order valence-corrected chi connectivity index (χ2v) is 7.84. The standard InChI is InChI=1S/C20H31N3O2/c1-14(2)10-21-20(25)17-7-5-6-8-18(17)22-19(24)13-23-11-15(3)9-16(4)12-23/h5-8,14-16H,9-13H2,1-4H3,(H,21,25)(H,22,24)/t15-,16-/m0/s1. The third-order valence-corrected chi connectivity index (χ3v) is 4.43. The number of para-hydroxylation sites is 1. The van der Waals surface area contributed by atoms with Gasteiger partial charge in [0, 0.05) is 19.6 Å². The number of nitrogens with zero attached hydrogens (tertiary/aromatic N) is 1. The number of hydrogen-bond acceptors (Lipinski definition) is 3. The normalized spacial score (nSPS) is 21.2. The molecule has 2 atom stereocenters. The molecule has 138 valence electrons. The van der Waals surface area contributed by atoms with Crippen molar-refractivity contribution in [3.8, 4) is 0 Å². The van der Waals surface area contributed by atoms with E-state index in [1.165, 1.54) is 6.42 Å². The van der Waals surface area contributed by atoms with E-state index in [-0.39, 0.29) is 11.8 Å². The summed E-state index contributed by atoms with van der Waals surface area (Å²) >= 11 is 0. The van der Waals surface area contributed by atoms with Crippen molar-refractivity contribution in [2.45, 2.75) is 34.1 Å². The second-order valence-electron chi connectivity index (χ2n) is 7.84. The van der Waals surface area contributed by atoms with Gasteiger partial charge in [0.25, 0.3) is 5.91 Å². The quantitative estimate of drug-likeness (QED) is 0.833. The lowest BCUT2D eigenvalue weighted by Gasteiger charge is -2.34. The van der Waals surface area contributed by atoms with Crippen molar-refractivity contribution in [1.29, 1.82) is 0 Å². The molecule has 1 aliphatic rings. The SMILES string of the molecule is CC(C)CNC(=O)c1ccccc1NC(=O)CN1C[C@@H](C)C[C@H](C)C1. The molecule has 5 heteroatoms. The van der Waals surface area contributed by atoms with E-state index in [2.05, 4.69) is 43.2 Å². The van der Waals surface area contributed by atoms with Crippen LogP contribution in [0.25, 0.3) is 0 Å². The Balaban J connectivity index is 1.97. The Bertz CT molecular complexity index is 590. The van der Waals surface area contributed by atoms with Gasteiger partial charge < -0.3 is 10.6 Å². The van der Waals surface area contributed by atoms with E-state index >= 15 is 0 Å². The van der Waals surface area contributed by atoms with Crippen LogP contribution in [0.1, 0.15) is 44.5 Å². The lowest BCUT2D eigenvalue weighted by Crippen LogP contribution is -2.43. The molecule has 1 fully saturated rings. The summed E-state index contributed by atoms with van der Waals surface area (Å²) in [6.45, 7) is 11.5. The molecule has 0 spiro atoms. The minimum absolute atomic E-state index is 0.0644. The maximum Gasteiger partial charge on any atom is 0.253 e. The van der Waals surface area contributed by atoms with E-state index in [4.69, 9.17) is 0 Å². The van der Waals surface area contributed by atoms with Crippen molar-refractivity contribution in [2.75, 3.05) is 31.5 Å². The van der Waals surface area contributed by atoms with Gasteiger partial charge in [-0.25, -0.2) is 0 Å². The number of carbonyl (C=O) groups excluding carboxylic acids is 2. The summed E-state index contributed by atoms with van der Waals surface area (Å²) in [4.78, 5) is 27.0. The van der Waals surface area contributed by atoms with Crippen molar-refractivity contribution in [3.63, 3.8) is 0 Å². The van der Waals surface area contributed by atoms with Crippen molar-refractivity contribution in [2.24, 2.45) is 17.8 Å². The van der Waals surface area contributed by atoms with Crippen LogP contribution in [-0.4, -0.2) is 42.9 Å². The maximum atomic E-state index is 12.5. The fraction of sp³-hybridized carbons (Fsp3) is 0.600. The molecule has 1 aromatic carbocycles. The molecule has 2 N–H and O–H groups in total. The first-order chi connectivity index (χ1) is 11.8. The number of carbonyl (C=O) groups is 2. The van der Waals surface area contributed by atoms with E-state index in [1.807, 2.05) is 12.1 Å². The molecule has 0 unspecified atom stereocenters. The molecule has 0 aromatic heterocycles. The molecular formula is C20H31N3O2. The number of likely N-dealkylation sites (tertiary alicyclic amines) is 1. The minimum Gasteiger partial charge on any atom is -0.352 e. The molecule has 1 aliphatic heterocycles. The van der Waals surface area contributed by atoms with E-state index in [0.29, 0.717) is 42.1 Å². The Morgan fingerprint density at radius 2 is 1.80 bits per heavy atom. The minimum atomic E-state index is -0.148. The van der Waals surface area contributed by atoms with Gasteiger partial charge in [0.05, 0.1) is 17.8 Å². The van der Waals surface area contributed by atoms with Gasteiger partial charge >= 0.3 is 0 Å². The van der Waals surface area contributed by atoms with Gasteiger partial charge in [0.1, 0.15) is 0 Å². The molecule has 2 amide bonds. The van der Waals surface area contributed by atoms with Gasteiger partial charge in [0.15, 0.2) is 0 Å². The van der Waals surface area contributed by atoms with Gasteiger partial charge in [-0.3, -0.25) is 14.5 Å². The maximum absolute atomic E-state index is 12.5. The van der Waals surface area contributed by atoms with Crippen LogP contribution in [0.4, 0.5) is 5.69 Å². The zero-order valence-corrected chi connectivity index (χ0v) is 15.8. The highest BCUT2D eigenvalue weighted by atomic mass is 16.2. The van der Waals surface area contributed by atoms with Gasteiger partial charge in [0.2, 0.25) is 5.91 Å². The number of nitrogens with one attached hydrogen (secondary N) is 2. The topological polar surface area (TPSA) is 61.4 Å². The second kappa shape index (κ2) is 8.99. The number of hydrogen-bond donors (Lipinski definition) is 2. The number of benzene rings is 1. The third-order valence-electron chi connectivity index (χ3n) is 4.43. The van der Waals surface area contributed by atoms with Crippen LogP contribution in [0.5, 0.6) is 0 Å². The summed E-state index contributed by atoms with van der Waals surface area (Å²) < 4.78 is 0. The molecule has 5 nitrogen and oxygen atoms in total. The summed E-state index contributed by atoms with van der Waals surface area (Å²) in [5, 5.41) is 5.82. The van der Waals surface area contributed by atoms with Crippen LogP contribution in [-0.2, 0) is 4.79 Å². The zero-order valence-electron chi connectivity index (χ0n) is 15.8. The number of rotatable bonds is 6. The molecule has 2 rings (SSSR count). The molecular weight excluding hydrogens is 314 g/mol. The van der Waals surface area contributed by atoms with Crippen LogP contribution in [0, 0.1) is 17.8 Å². The highest BCUT2D eigenvalue weighted by molar-refractivity contribution is 6.04. The van der Waals surface area contributed by atoms with Crippen LogP contribution in [0.2, 0.25) is 0 Å². The predicted molar refractivity (Wildman–Crippen MR) is 102 cm³/mol. The lowest BCUT2D eigenvalue weighted by molar-refractivity contribution is -0.117. The van der Waals surface area contributed by atoms with E-state index in [1.54, 1.807) is 12.1 Å². The molecule has 0 bridgehead atoms.